The predicted molar refractivity (Wildman–Crippen MR) is 130 cm³/mol. The minimum Gasteiger partial charge on any atom is -0.321 e. The number of carbonyl (C=O) groups excluding carboxylic acids is 1. The summed E-state index contributed by atoms with van der Waals surface area (Å²) in [5.41, 5.74) is 0.158. The van der Waals surface area contributed by atoms with Crippen LogP contribution in [0.3, 0.4) is 0 Å². The number of hydrogen-bond acceptors (Lipinski definition) is 6. The molecule has 1 amide bonds. The fourth-order valence-corrected chi connectivity index (χ4v) is 6.75. The van der Waals surface area contributed by atoms with Crippen molar-refractivity contribution in [1.29, 1.82) is 0 Å². The van der Waals surface area contributed by atoms with E-state index in [1.54, 1.807) is 18.2 Å². The molecule has 1 heterocycles. The van der Waals surface area contributed by atoms with Crippen molar-refractivity contribution in [3.05, 3.63) is 69.0 Å². The molecule has 13 heteroatoms. The zero-order valence-corrected chi connectivity index (χ0v) is 21.5. The van der Waals surface area contributed by atoms with Crippen LogP contribution in [0.2, 0.25) is 5.02 Å². The molecular formula is C19H17BrClN3O5S3. The van der Waals surface area contributed by atoms with Gasteiger partial charge in [0.1, 0.15) is 4.21 Å². The van der Waals surface area contributed by atoms with Crippen molar-refractivity contribution in [2.24, 2.45) is 0 Å². The lowest BCUT2D eigenvalue weighted by molar-refractivity contribution is 0.102. The number of thiophene rings is 1. The SMILES string of the molecule is CN(C)S(=O)(=O)c1ccc(Cl)c(NC(=O)c2ccccc2NS(=O)(=O)c2ccc(Br)s2)c1. The fourth-order valence-electron chi connectivity index (χ4n) is 2.57. The highest BCUT2D eigenvalue weighted by molar-refractivity contribution is 9.11. The zero-order valence-electron chi connectivity index (χ0n) is 16.7. The second kappa shape index (κ2) is 9.49. The van der Waals surface area contributed by atoms with Crippen LogP contribution in [0.1, 0.15) is 10.4 Å². The van der Waals surface area contributed by atoms with Crippen LogP contribution in [-0.2, 0) is 20.0 Å². The van der Waals surface area contributed by atoms with Gasteiger partial charge in [0.2, 0.25) is 10.0 Å². The first-order valence-electron chi connectivity index (χ1n) is 8.82. The number of para-hydroxylation sites is 1. The number of benzene rings is 2. The van der Waals surface area contributed by atoms with Crippen molar-refractivity contribution in [3.63, 3.8) is 0 Å². The number of anilines is 2. The standard InChI is InChI=1S/C19H17BrClN3O5S3/c1-24(2)32(28,29)12-7-8-14(21)16(11-12)22-19(25)13-5-3-4-6-15(13)23-31(26,27)18-10-9-17(20)30-18/h3-11,23H,1-2H3,(H,22,25). The Morgan fingerprint density at radius 1 is 1.00 bits per heavy atom. The van der Waals surface area contributed by atoms with Crippen molar-refractivity contribution in [2.45, 2.75) is 9.10 Å². The molecule has 8 nitrogen and oxygen atoms in total. The Morgan fingerprint density at radius 2 is 1.69 bits per heavy atom. The lowest BCUT2D eigenvalue weighted by atomic mass is 10.1. The molecule has 0 aliphatic rings. The van der Waals surface area contributed by atoms with Gasteiger partial charge in [0.25, 0.3) is 15.9 Å². The smallest absolute Gasteiger partial charge is 0.271 e. The number of rotatable bonds is 7. The van der Waals surface area contributed by atoms with Gasteiger partial charge in [0.05, 0.1) is 30.6 Å². The first-order valence-corrected chi connectivity index (χ1v) is 13.7. The van der Waals surface area contributed by atoms with E-state index in [1.165, 1.54) is 50.5 Å². The Bertz CT molecular complexity index is 1390. The van der Waals surface area contributed by atoms with Crippen LogP contribution < -0.4 is 10.0 Å². The molecule has 1 aromatic heterocycles. The molecule has 0 bridgehead atoms. The van der Waals surface area contributed by atoms with Crippen LogP contribution in [-0.4, -0.2) is 41.1 Å². The van der Waals surface area contributed by atoms with Gasteiger partial charge < -0.3 is 5.32 Å². The number of amides is 1. The second-order valence-corrected chi connectivity index (χ2v) is 13.5. The van der Waals surface area contributed by atoms with Crippen LogP contribution in [0.25, 0.3) is 0 Å². The summed E-state index contributed by atoms with van der Waals surface area (Å²) in [7, 11) is -4.89. The lowest BCUT2D eigenvalue weighted by Gasteiger charge is -2.15. The van der Waals surface area contributed by atoms with Gasteiger partial charge in [0, 0.05) is 14.1 Å². The molecule has 0 fully saturated rings. The van der Waals surface area contributed by atoms with Crippen LogP contribution in [0.5, 0.6) is 0 Å². The van der Waals surface area contributed by atoms with Gasteiger partial charge in [-0.2, -0.15) is 0 Å². The molecule has 0 saturated heterocycles. The van der Waals surface area contributed by atoms with E-state index in [9.17, 15) is 21.6 Å². The molecule has 3 rings (SSSR count). The average molecular weight is 579 g/mol. The second-order valence-electron chi connectivity index (χ2n) is 6.59. The lowest BCUT2D eigenvalue weighted by Crippen LogP contribution is -2.22. The first-order chi connectivity index (χ1) is 14.9. The maximum atomic E-state index is 12.9. The third kappa shape index (κ3) is 5.33. The van der Waals surface area contributed by atoms with Gasteiger partial charge in [-0.3, -0.25) is 9.52 Å². The normalized spacial score (nSPS) is 12.0. The summed E-state index contributed by atoms with van der Waals surface area (Å²) < 4.78 is 54.3. The third-order valence-electron chi connectivity index (χ3n) is 4.19. The first kappa shape index (κ1) is 24.7. The van der Waals surface area contributed by atoms with Crippen molar-refractivity contribution in [1.82, 2.24) is 4.31 Å². The number of sulfonamides is 2. The van der Waals surface area contributed by atoms with Gasteiger partial charge >= 0.3 is 0 Å². The number of nitrogens with one attached hydrogen (secondary N) is 2. The molecule has 0 spiro atoms. The van der Waals surface area contributed by atoms with E-state index in [4.69, 9.17) is 11.6 Å². The summed E-state index contributed by atoms with van der Waals surface area (Å²) in [6.07, 6.45) is 0. The third-order valence-corrected chi connectivity index (χ3v) is 9.82. The highest BCUT2D eigenvalue weighted by Crippen LogP contribution is 2.30. The molecule has 2 aromatic carbocycles. The minimum atomic E-state index is -3.92. The monoisotopic (exact) mass is 577 g/mol. The molecular weight excluding hydrogens is 562 g/mol. The number of carbonyl (C=O) groups is 1. The summed E-state index contributed by atoms with van der Waals surface area (Å²) in [4.78, 5) is 12.9. The minimum absolute atomic E-state index is 0.0311. The summed E-state index contributed by atoms with van der Waals surface area (Å²) in [5, 5.41) is 2.68. The van der Waals surface area contributed by atoms with E-state index in [2.05, 4.69) is 26.0 Å². The molecule has 0 aliphatic carbocycles. The van der Waals surface area contributed by atoms with Gasteiger partial charge in [0.15, 0.2) is 0 Å². The summed E-state index contributed by atoms with van der Waals surface area (Å²) in [5.74, 6) is -0.669. The Balaban J connectivity index is 1.92. The molecule has 0 unspecified atom stereocenters. The van der Waals surface area contributed by atoms with Crippen molar-refractivity contribution in [2.75, 3.05) is 24.1 Å². The van der Waals surface area contributed by atoms with Gasteiger partial charge in [-0.05, 0) is 58.4 Å². The predicted octanol–water partition coefficient (Wildman–Crippen LogP) is 4.47. The van der Waals surface area contributed by atoms with Gasteiger partial charge in [-0.1, -0.05) is 23.7 Å². The van der Waals surface area contributed by atoms with E-state index in [0.717, 1.165) is 15.6 Å². The summed E-state index contributed by atoms with van der Waals surface area (Å²) >= 11 is 10.4. The Labute approximate surface area is 203 Å². The van der Waals surface area contributed by atoms with Crippen molar-refractivity contribution in [3.8, 4) is 0 Å². The topological polar surface area (TPSA) is 113 Å². The van der Waals surface area contributed by atoms with E-state index < -0.39 is 26.0 Å². The maximum Gasteiger partial charge on any atom is 0.271 e. The van der Waals surface area contributed by atoms with Gasteiger partial charge in [-0.25, -0.2) is 21.1 Å². The molecule has 3 aromatic rings. The quantitative estimate of drug-likeness (QED) is 0.430. The van der Waals surface area contributed by atoms with E-state index in [0.29, 0.717) is 3.79 Å². The Morgan fingerprint density at radius 3 is 2.31 bits per heavy atom. The molecule has 0 aliphatic heterocycles. The molecule has 32 heavy (non-hydrogen) atoms. The highest BCUT2D eigenvalue weighted by atomic mass is 79.9. The van der Waals surface area contributed by atoms with Crippen LogP contribution in [0.4, 0.5) is 11.4 Å². The van der Waals surface area contributed by atoms with Crippen LogP contribution >= 0.6 is 38.9 Å². The van der Waals surface area contributed by atoms with Crippen LogP contribution in [0.15, 0.2) is 67.5 Å². The maximum absolute atomic E-state index is 12.9. The Hall–Kier alpha value is -1.96. The molecule has 0 radical (unpaired) electrons. The number of hydrogen-bond donors (Lipinski definition) is 2. The number of halogens is 2. The average Bonchev–Trinajstić information content (AvgIpc) is 3.17. The van der Waals surface area contributed by atoms with Gasteiger partial charge in [-0.15, -0.1) is 11.3 Å². The molecule has 2 N–H and O–H groups in total. The summed E-state index contributed by atoms with van der Waals surface area (Å²) in [6.45, 7) is 0. The van der Waals surface area contributed by atoms with E-state index in [1.807, 2.05) is 0 Å². The molecule has 170 valence electrons. The summed E-state index contributed by atoms with van der Waals surface area (Å²) in [6, 6.07) is 13.0. The Kier molecular flexibility index (Phi) is 7.32. The largest absolute Gasteiger partial charge is 0.321 e. The van der Waals surface area contributed by atoms with Crippen LogP contribution in [0, 0.1) is 0 Å². The zero-order chi connectivity index (χ0) is 23.7. The molecule has 0 saturated carbocycles. The number of nitrogens with zero attached hydrogens (tertiary/aromatic N) is 1. The van der Waals surface area contributed by atoms with Crippen molar-refractivity contribution < 1.29 is 21.6 Å². The molecule has 0 atom stereocenters. The van der Waals surface area contributed by atoms with E-state index >= 15 is 0 Å². The fraction of sp³-hybridized carbons (Fsp3) is 0.105. The van der Waals surface area contributed by atoms with E-state index in [-0.39, 0.29) is 31.1 Å². The highest BCUT2D eigenvalue weighted by Gasteiger charge is 2.22. The van der Waals surface area contributed by atoms with Crippen molar-refractivity contribution >= 4 is 76.2 Å².